The minimum atomic E-state index is -0.674. The molecule has 6 heteroatoms. The Kier molecular flexibility index (Phi) is 4.97. The molecule has 1 unspecified atom stereocenters. The number of anilines is 1. The summed E-state index contributed by atoms with van der Waals surface area (Å²) in [5.41, 5.74) is 0.656. The number of hydrogen-bond donors (Lipinski definition) is 1. The number of carbonyl (C=O) groups excluding carboxylic acids is 2. The molecule has 1 atom stereocenters. The Morgan fingerprint density at radius 1 is 1.24 bits per heavy atom. The number of para-hydroxylation sites is 1. The maximum absolute atomic E-state index is 14.0. The quantitative estimate of drug-likeness (QED) is 0.929. The summed E-state index contributed by atoms with van der Waals surface area (Å²) in [6, 6.07) is 12.2. The first-order chi connectivity index (χ1) is 12.1. The lowest BCUT2D eigenvalue weighted by molar-refractivity contribution is -0.121. The maximum Gasteiger partial charge on any atom is 0.252 e. The number of ether oxygens (including phenoxy) is 1. The highest BCUT2D eigenvalue weighted by Crippen LogP contribution is 2.24. The minimum absolute atomic E-state index is 0.243. The molecule has 1 fully saturated rings. The van der Waals surface area contributed by atoms with E-state index in [2.05, 4.69) is 5.32 Å². The van der Waals surface area contributed by atoms with Gasteiger partial charge in [0.1, 0.15) is 17.6 Å². The fraction of sp³-hybridized carbons (Fsp3) is 0.263. The van der Waals surface area contributed by atoms with Crippen LogP contribution in [0.4, 0.5) is 10.1 Å². The van der Waals surface area contributed by atoms with Crippen LogP contribution in [0.3, 0.4) is 0 Å². The molecule has 1 N–H and O–H groups in total. The van der Waals surface area contributed by atoms with Crippen LogP contribution in [0, 0.1) is 5.82 Å². The van der Waals surface area contributed by atoms with E-state index >= 15 is 0 Å². The lowest BCUT2D eigenvalue weighted by Crippen LogP contribution is -2.52. The molecule has 0 spiro atoms. The van der Waals surface area contributed by atoms with E-state index in [-0.39, 0.29) is 17.5 Å². The number of carbonyl (C=O) groups is 2. The number of amides is 2. The van der Waals surface area contributed by atoms with Crippen LogP contribution in [0.5, 0.6) is 5.75 Å². The second-order valence-electron chi connectivity index (χ2n) is 5.84. The molecule has 0 aromatic heterocycles. The van der Waals surface area contributed by atoms with Gasteiger partial charge in [0.05, 0.1) is 12.8 Å². The molecule has 1 saturated heterocycles. The summed E-state index contributed by atoms with van der Waals surface area (Å²) in [6.45, 7) is 0.436. The monoisotopic (exact) mass is 342 g/mol. The predicted molar refractivity (Wildman–Crippen MR) is 92.2 cm³/mol. The second-order valence-corrected chi connectivity index (χ2v) is 5.84. The molecule has 0 saturated carbocycles. The predicted octanol–water partition coefficient (Wildman–Crippen LogP) is 2.76. The summed E-state index contributed by atoms with van der Waals surface area (Å²) >= 11 is 0. The molecule has 1 aliphatic rings. The van der Waals surface area contributed by atoms with Crippen molar-refractivity contribution in [2.24, 2.45) is 0 Å². The molecule has 2 aromatic carbocycles. The van der Waals surface area contributed by atoms with Crippen LogP contribution in [0.1, 0.15) is 23.2 Å². The first kappa shape index (κ1) is 17.0. The Balaban J connectivity index is 1.75. The summed E-state index contributed by atoms with van der Waals surface area (Å²) < 4.78 is 19.1. The molecule has 1 heterocycles. The summed E-state index contributed by atoms with van der Waals surface area (Å²) in [4.78, 5) is 26.5. The van der Waals surface area contributed by atoms with E-state index in [1.807, 2.05) is 0 Å². The van der Waals surface area contributed by atoms with Gasteiger partial charge < -0.3 is 15.0 Å². The molecule has 0 aliphatic carbocycles. The summed E-state index contributed by atoms with van der Waals surface area (Å²) in [6.07, 6.45) is 1.21. The molecule has 3 rings (SSSR count). The highest BCUT2D eigenvalue weighted by molar-refractivity contribution is 6.03. The van der Waals surface area contributed by atoms with Crippen LogP contribution in [-0.2, 0) is 4.79 Å². The molecule has 0 bridgehead atoms. The van der Waals surface area contributed by atoms with Crippen molar-refractivity contribution >= 4 is 17.5 Å². The Morgan fingerprint density at radius 3 is 2.80 bits per heavy atom. The van der Waals surface area contributed by atoms with Gasteiger partial charge in [0, 0.05) is 12.1 Å². The van der Waals surface area contributed by atoms with Crippen molar-refractivity contribution in [3.8, 4) is 5.75 Å². The van der Waals surface area contributed by atoms with Gasteiger partial charge in [-0.1, -0.05) is 18.2 Å². The van der Waals surface area contributed by atoms with Gasteiger partial charge >= 0.3 is 0 Å². The van der Waals surface area contributed by atoms with E-state index < -0.39 is 11.9 Å². The molecule has 130 valence electrons. The standard InChI is InChI=1S/C19H19FN2O3/c1-25-14-7-4-6-13(12-14)18(23)21-16-9-5-11-22(19(16)24)17-10-3-2-8-15(17)20/h2-4,6-8,10,12,16H,5,9,11H2,1H3,(H,21,23). The fourth-order valence-corrected chi connectivity index (χ4v) is 2.92. The second kappa shape index (κ2) is 7.34. The van der Waals surface area contributed by atoms with Crippen LogP contribution in [0.15, 0.2) is 48.5 Å². The average Bonchev–Trinajstić information content (AvgIpc) is 2.64. The van der Waals surface area contributed by atoms with Crippen LogP contribution in [0.2, 0.25) is 0 Å². The maximum atomic E-state index is 14.0. The van der Waals surface area contributed by atoms with E-state index in [1.165, 1.54) is 18.1 Å². The fourth-order valence-electron chi connectivity index (χ4n) is 2.92. The van der Waals surface area contributed by atoms with Gasteiger partial charge in [-0.2, -0.15) is 0 Å². The molecule has 1 aliphatic heterocycles. The van der Waals surface area contributed by atoms with Crippen molar-refractivity contribution in [1.82, 2.24) is 5.32 Å². The molecular weight excluding hydrogens is 323 g/mol. The number of halogens is 1. The van der Waals surface area contributed by atoms with Gasteiger partial charge in [-0.3, -0.25) is 9.59 Å². The number of hydrogen-bond acceptors (Lipinski definition) is 3. The van der Waals surface area contributed by atoms with Crippen molar-refractivity contribution in [2.75, 3.05) is 18.6 Å². The number of rotatable bonds is 4. The van der Waals surface area contributed by atoms with Crippen LogP contribution >= 0.6 is 0 Å². The topological polar surface area (TPSA) is 58.6 Å². The van der Waals surface area contributed by atoms with E-state index in [0.717, 1.165) is 0 Å². The van der Waals surface area contributed by atoms with Crippen molar-refractivity contribution in [3.05, 3.63) is 59.9 Å². The Labute approximate surface area is 145 Å². The van der Waals surface area contributed by atoms with E-state index in [9.17, 15) is 14.0 Å². The largest absolute Gasteiger partial charge is 0.497 e. The third kappa shape index (κ3) is 3.63. The normalized spacial score (nSPS) is 17.3. The molecule has 0 radical (unpaired) electrons. The van der Waals surface area contributed by atoms with Crippen LogP contribution in [-0.4, -0.2) is 31.5 Å². The third-order valence-corrected chi connectivity index (χ3v) is 4.22. The van der Waals surface area contributed by atoms with Gasteiger partial charge in [0.25, 0.3) is 5.91 Å². The van der Waals surface area contributed by atoms with Gasteiger partial charge in [-0.05, 0) is 43.2 Å². The van der Waals surface area contributed by atoms with Crippen LogP contribution in [0.25, 0.3) is 0 Å². The van der Waals surface area contributed by atoms with Crippen molar-refractivity contribution in [2.45, 2.75) is 18.9 Å². The van der Waals surface area contributed by atoms with Crippen molar-refractivity contribution in [1.29, 1.82) is 0 Å². The first-order valence-corrected chi connectivity index (χ1v) is 8.11. The van der Waals surface area contributed by atoms with E-state index in [1.54, 1.807) is 42.5 Å². The van der Waals surface area contributed by atoms with E-state index in [4.69, 9.17) is 4.74 Å². The van der Waals surface area contributed by atoms with Crippen LogP contribution < -0.4 is 15.0 Å². The number of nitrogens with one attached hydrogen (secondary N) is 1. The minimum Gasteiger partial charge on any atom is -0.497 e. The number of methoxy groups -OCH3 is 1. The SMILES string of the molecule is COc1cccc(C(=O)NC2CCCN(c3ccccc3F)C2=O)c1. The summed E-state index contributed by atoms with van der Waals surface area (Å²) in [5, 5.41) is 2.75. The lowest BCUT2D eigenvalue weighted by atomic mass is 10.0. The molecule has 5 nitrogen and oxygen atoms in total. The highest BCUT2D eigenvalue weighted by Gasteiger charge is 2.32. The number of nitrogens with zero attached hydrogens (tertiary/aromatic N) is 1. The first-order valence-electron chi connectivity index (χ1n) is 8.11. The zero-order valence-electron chi connectivity index (χ0n) is 13.9. The molecule has 25 heavy (non-hydrogen) atoms. The highest BCUT2D eigenvalue weighted by atomic mass is 19.1. The third-order valence-electron chi connectivity index (χ3n) is 4.22. The van der Waals surface area contributed by atoms with Gasteiger partial charge in [-0.25, -0.2) is 4.39 Å². The Morgan fingerprint density at radius 2 is 2.04 bits per heavy atom. The van der Waals surface area contributed by atoms with Gasteiger partial charge in [-0.15, -0.1) is 0 Å². The Hall–Kier alpha value is -2.89. The van der Waals surface area contributed by atoms with Crippen molar-refractivity contribution < 1.29 is 18.7 Å². The van der Waals surface area contributed by atoms with E-state index in [0.29, 0.717) is 30.7 Å². The summed E-state index contributed by atoms with van der Waals surface area (Å²) in [5.74, 6) is -0.536. The zero-order chi connectivity index (χ0) is 17.8. The zero-order valence-corrected chi connectivity index (χ0v) is 13.9. The Bertz CT molecular complexity index is 794. The lowest BCUT2D eigenvalue weighted by Gasteiger charge is -2.32. The summed E-state index contributed by atoms with van der Waals surface area (Å²) in [7, 11) is 1.52. The number of benzene rings is 2. The molecule has 2 amide bonds. The van der Waals surface area contributed by atoms with Gasteiger partial charge in [0.2, 0.25) is 5.91 Å². The molecule has 2 aromatic rings. The van der Waals surface area contributed by atoms with Crippen molar-refractivity contribution in [3.63, 3.8) is 0 Å². The number of piperidine rings is 1. The average molecular weight is 342 g/mol. The van der Waals surface area contributed by atoms with Gasteiger partial charge in [0.15, 0.2) is 0 Å². The molecular formula is C19H19FN2O3. The smallest absolute Gasteiger partial charge is 0.252 e.